The molecule has 0 radical (unpaired) electrons. The van der Waals surface area contributed by atoms with Gasteiger partial charge in [-0.05, 0) is 31.2 Å². The fourth-order valence-corrected chi connectivity index (χ4v) is 4.31. The number of amides is 1. The number of nitrogens with one attached hydrogen (secondary N) is 1. The SMILES string of the molecule is CCS(=O)(=O)N1CC(C(=O)Nc2cc(Cl)c(Cl)cc2Cl)Oc2ccccc21. The number of para-hydroxylation sites is 2. The first-order chi connectivity index (χ1) is 12.7. The molecule has 1 atom stereocenters. The minimum Gasteiger partial charge on any atom is -0.476 e. The Kier molecular flexibility index (Phi) is 5.76. The van der Waals surface area contributed by atoms with Gasteiger partial charge in [-0.25, -0.2) is 8.42 Å². The lowest BCUT2D eigenvalue weighted by Crippen LogP contribution is -2.49. The van der Waals surface area contributed by atoms with E-state index >= 15 is 0 Å². The number of carbonyl (C=O) groups excluding carboxylic acids is 1. The Morgan fingerprint density at radius 1 is 1.19 bits per heavy atom. The van der Waals surface area contributed by atoms with Gasteiger partial charge in [0.1, 0.15) is 5.75 Å². The second-order valence-corrected chi connectivity index (χ2v) is 9.14. The van der Waals surface area contributed by atoms with E-state index < -0.39 is 22.0 Å². The third-order valence-electron chi connectivity index (χ3n) is 4.00. The van der Waals surface area contributed by atoms with Gasteiger partial charge in [0, 0.05) is 0 Å². The van der Waals surface area contributed by atoms with E-state index in [2.05, 4.69) is 5.32 Å². The van der Waals surface area contributed by atoms with Crippen LogP contribution in [0.2, 0.25) is 15.1 Å². The lowest BCUT2D eigenvalue weighted by Gasteiger charge is -2.34. The molecule has 0 fully saturated rings. The minimum atomic E-state index is -3.59. The standard InChI is InChI=1S/C17H15Cl3N2O4S/c1-2-27(24,25)22-9-16(26-15-6-4-3-5-14(15)22)17(23)21-13-8-11(19)10(18)7-12(13)20/h3-8,16H,2,9H2,1H3,(H,21,23). The molecule has 0 spiro atoms. The summed E-state index contributed by atoms with van der Waals surface area (Å²) in [6, 6.07) is 9.47. The fraction of sp³-hybridized carbons (Fsp3) is 0.235. The predicted octanol–water partition coefficient (Wildman–Crippen LogP) is 4.20. The average molecular weight is 450 g/mol. The number of hydrogen-bond acceptors (Lipinski definition) is 4. The Morgan fingerprint density at radius 3 is 2.56 bits per heavy atom. The quantitative estimate of drug-likeness (QED) is 0.710. The maximum atomic E-state index is 12.7. The van der Waals surface area contributed by atoms with Crippen LogP contribution in [0.3, 0.4) is 0 Å². The highest BCUT2D eigenvalue weighted by atomic mass is 35.5. The molecule has 1 heterocycles. The van der Waals surface area contributed by atoms with Crippen molar-refractivity contribution in [1.29, 1.82) is 0 Å². The molecular weight excluding hydrogens is 435 g/mol. The third kappa shape index (κ3) is 4.11. The summed E-state index contributed by atoms with van der Waals surface area (Å²) in [6.45, 7) is 1.38. The number of sulfonamides is 1. The zero-order valence-electron chi connectivity index (χ0n) is 14.1. The maximum absolute atomic E-state index is 12.7. The van der Waals surface area contributed by atoms with E-state index in [1.165, 1.54) is 23.4 Å². The largest absolute Gasteiger partial charge is 0.476 e. The number of ether oxygens (including phenoxy) is 1. The van der Waals surface area contributed by atoms with Gasteiger partial charge in [0.25, 0.3) is 5.91 Å². The van der Waals surface area contributed by atoms with Gasteiger partial charge in [-0.2, -0.15) is 0 Å². The van der Waals surface area contributed by atoms with Crippen molar-refractivity contribution in [2.75, 3.05) is 21.9 Å². The maximum Gasteiger partial charge on any atom is 0.267 e. The van der Waals surface area contributed by atoms with Gasteiger partial charge in [-0.1, -0.05) is 46.9 Å². The van der Waals surface area contributed by atoms with Crippen LogP contribution in [0.4, 0.5) is 11.4 Å². The second-order valence-electron chi connectivity index (χ2n) is 5.74. The summed E-state index contributed by atoms with van der Waals surface area (Å²) in [5.74, 6) is -0.351. The molecule has 0 bridgehead atoms. The second kappa shape index (κ2) is 7.75. The van der Waals surface area contributed by atoms with E-state index in [1.54, 1.807) is 24.3 Å². The summed E-state index contributed by atoms with van der Waals surface area (Å²) in [5.41, 5.74) is 0.652. The molecule has 0 aromatic heterocycles. The molecule has 1 aliphatic heterocycles. The predicted molar refractivity (Wildman–Crippen MR) is 108 cm³/mol. The molecule has 0 saturated carbocycles. The number of hydrogen-bond donors (Lipinski definition) is 1. The Hall–Kier alpha value is -1.67. The monoisotopic (exact) mass is 448 g/mol. The molecule has 0 saturated heterocycles. The molecule has 0 aliphatic carbocycles. The van der Waals surface area contributed by atoms with Crippen LogP contribution in [-0.4, -0.2) is 32.7 Å². The average Bonchev–Trinajstić information content (AvgIpc) is 2.65. The van der Waals surface area contributed by atoms with Crippen LogP contribution in [-0.2, 0) is 14.8 Å². The fourth-order valence-electron chi connectivity index (χ4n) is 2.59. The minimum absolute atomic E-state index is 0.103. The van der Waals surface area contributed by atoms with Crippen molar-refractivity contribution in [2.45, 2.75) is 13.0 Å². The van der Waals surface area contributed by atoms with Gasteiger partial charge in [-0.3, -0.25) is 9.10 Å². The van der Waals surface area contributed by atoms with E-state index in [-0.39, 0.29) is 33.1 Å². The van der Waals surface area contributed by atoms with Gasteiger partial charge in [0.15, 0.2) is 6.10 Å². The Morgan fingerprint density at radius 2 is 1.85 bits per heavy atom. The summed E-state index contributed by atoms with van der Waals surface area (Å²) in [6.07, 6.45) is -1.06. The molecule has 1 aliphatic rings. The highest BCUT2D eigenvalue weighted by Crippen LogP contribution is 2.36. The lowest BCUT2D eigenvalue weighted by atomic mass is 10.2. The number of fused-ring (bicyclic) bond motifs is 1. The van der Waals surface area contributed by atoms with Crippen LogP contribution in [0.25, 0.3) is 0 Å². The van der Waals surface area contributed by atoms with Crippen molar-refractivity contribution < 1.29 is 17.9 Å². The number of anilines is 2. The van der Waals surface area contributed by atoms with Gasteiger partial charge in [0.05, 0.1) is 38.7 Å². The van der Waals surface area contributed by atoms with E-state index in [4.69, 9.17) is 39.5 Å². The number of benzene rings is 2. The van der Waals surface area contributed by atoms with Crippen LogP contribution >= 0.6 is 34.8 Å². The van der Waals surface area contributed by atoms with Crippen LogP contribution in [0, 0.1) is 0 Å². The Balaban J connectivity index is 1.90. The Bertz CT molecular complexity index is 998. The number of carbonyl (C=O) groups is 1. The smallest absolute Gasteiger partial charge is 0.267 e. The first-order valence-electron chi connectivity index (χ1n) is 7.94. The van der Waals surface area contributed by atoms with E-state index in [0.717, 1.165) is 0 Å². The van der Waals surface area contributed by atoms with Crippen LogP contribution < -0.4 is 14.4 Å². The topological polar surface area (TPSA) is 75.7 Å². The normalized spacial score (nSPS) is 16.4. The third-order valence-corrected chi connectivity index (χ3v) is 6.78. The van der Waals surface area contributed by atoms with Gasteiger partial charge >= 0.3 is 0 Å². The lowest BCUT2D eigenvalue weighted by molar-refractivity contribution is -0.122. The zero-order valence-corrected chi connectivity index (χ0v) is 17.2. The summed E-state index contributed by atoms with van der Waals surface area (Å²) < 4.78 is 31.8. The summed E-state index contributed by atoms with van der Waals surface area (Å²) >= 11 is 17.9. The molecule has 10 heteroatoms. The highest BCUT2D eigenvalue weighted by molar-refractivity contribution is 7.92. The van der Waals surface area contributed by atoms with Gasteiger partial charge in [0.2, 0.25) is 10.0 Å². The molecule has 1 amide bonds. The molecular formula is C17H15Cl3N2O4S. The van der Waals surface area contributed by atoms with Crippen molar-refractivity contribution in [3.05, 3.63) is 51.5 Å². The molecule has 27 heavy (non-hydrogen) atoms. The molecule has 2 aromatic carbocycles. The first kappa shape index (κ1) is 20.1. The number of nitrogens with zero attached hydrogens (tertiary/aromatic N) is 1. The molecule has 2 aromatic rings. The van der Waals surface area contributed by atoms with Crippen molar-refractivity contribution in [2.24, 2.45) is 0 Å². The summed E-state index contributed by atoms with van der Waals surface area (Å²) in [5, 5.41) is 3.29. The summed E-state index contributed by atoms with van der Waals surface area (Å²) in [7, 11) is -3.59. The van der Waals surface area contributed by atoms with Crippen molar-refractivity contribution in [3.8, 4) is 5.75 Å². The molecule has 6 nitrogen and oxygen atoms in total. The van der Waals surface area contributed by atoms with E-state index in [0.29, 0.717) is 11.4 Å². The van der Waals surface area contributed by atoms with Gasteiger partial charge < -0.3 is 10.1 Å². The molecule has 1 N–H and O–H groups in total. The highest BCUT2D eigenvalue weighted by Gasteiger charge is 2.36. The zero-order chi connectivity index (χ0) is 19.8. The number of rotatable bonds is 4. The molecule has 3 rings (SSSR count). The first-order valence-corrected chi connectivity index (χ1v) is 10.7. The van der Waals surface area contributed by atoms with Crippen LogP contribution in [0.5, 0.6) is 5.75 Å². The van der Waals surface area contributed by atoms with E-state index in [1.807, 2.05) is 0 Å². The Labute approximate surface area is 172 Å². The number of halogens is 3. The van der Waals surface area contributed by atoms with Crippen LogP contribution in [0.1, 0.15) is 6.92 Å². The van der Waals surface area contributed by atoms with Gasteiger partial charge in [-0.15, -0.1) is 0 Å². The van der Waals surface area contributed by atoms with Crippen molar-refractivity contribution in [1.82, 2.24) is 0 Å². The molecule has 144 valence electrons. The van der Waals surface area contributed by atoms with Crippen LogP contribution in [0.15, 0.2) is 36.4 Å². The van der Waals surface area contributed by atoms with Crippen molar-refractivity contribution >= 4 is 62.1 Å². The van der Waals surface area contributed by atoms with Crippen molar-refractivity contribution in [3.63, 3.8) is 0 Å². The summed E-state index contributed by atoms with van der Waals surface area (Å²) in [4.78, 5) is 12.7. The molecule has 1 unspecified atom stereocenters. The van der Waals surface area contributed by atoms with E-state index in [9.17, 15) is 13.2 Å².